The third-order valence-corrected chi connectivity index (χ3v) is 4.07. The number of allylic oxidation sites excluding steroid dienone is 1. The summed E-state index contributed by atoms with van der Waals surface area (Å²) in [7, 11) is 3.16. The van der Waals surface area contributed by atoms with Gasteiger partial charge in [-0.1, -0.05) is 6.07 Å². The minimum atomic E-state index is -4.80. The molecule has 0 unspecified atom stereocenters. The van der Waals surface area contributed by atoms with Gasteiger partial charge < -0.3 is 10.6 Å². The maximum atomic E-state index is 12.5. The van der Waals surface area contributed by atoms with E-state index in [0.717, 1.165) is 16.6 Å². The van der Waals surface area contributed by atoms with Crippen LogP contribution in [0.1, 0.15) is 10.4 Å². The standard InChI is InChI=1S/C19H17F3N6O/c1-24-17(9-16(23)19(20,21)22)26-18(29)12-4-3-11-7-13(10-25-15(11)8-12)14-5-6-28(2)27-14/h3-10,23-24H,1-2H3,(H,26,29)/b17-9+,23-16?. The van der Waals surface area contributed by atoms with Gasteiger partial charge >= 0.3 is 6.18 Å². The second-order valence-electron chi connectivity index (χ2n) is 6.18. The van der Waals surface area contributed by atoms with Gasteiger partial charge in [0.1, 0.15) is 11.5 Å². The Morgan fingerprint density at radius 3 is 2.62 bits per heavy atom. The van der Waals surface area contributed by atoms with Crippen LogP contribution in [-0.4, -0.2) is 39.6 Å². The molecule has 1 amide bonds. The van der Waals surface area contributed by atoms with E-state index in [2.05, 4.69) is 20.7 Å². The zero-order valence-electron chi connectivity index (χ0n) is 15.5. The highest BCUT2D eigenvalue weighted by atomic mass is 19.4. The van der Waals surface area contributed by atoms with Gasteiger partial charge in [0.15, 0.2) is 0 Å². The predicted octanol–water partition coefficient (Wildman–Crippen LogP) is 3.01. The molecule has 0 aliphatic heterocycles. The maximum Gasteiger partial charge on any atom is 0.432 e. The average Bonchev–Trinajstić information content (AvgIpc) is 3.12. The van der Waals surface area contributed by atoms with Gasteiger partial charge in [0.25, 0.3) is 5.91 Å². The quantitative estimate of drug-likeness (QED) is 0.572. The van der Waals surface area contributed by atoms with E-state index in [9.17, 15) is 18.0 Å². The first-order valence-electron chi connectivity index (χ1n) is 8.44. The molecule has 0 fully saturated rings. The number of hydrogen-bond acceptors (Lipinski definition) is 5. The number of aryl methyl sites for hydroxylation is 1. The molecule has 0 aliphatic carbocycles. The van der Waals surface area contributed by atoms with Crippen molar-refractivity contribution in [3.05, 3.63) is 60.2 Å². The number of amides is 1. The summed E-state index contributed by atoms with van der Waals surface area (Å²) in [6.07, 6.45) is -0.838. The molecule has 0 aliphatic rings. The van der Waals surface area contributed by atoms with Gasteiger partial charge in [-0.25, -0.2) is 0 Å². The molecule has 2 heterocycles. The lowest BCUT2D eigenvalue weighted by molar-refractivity contribution is -0.0584. The minimum Gasteiger partial charge on any atom is -0.375 e. The Balaban J connectivity index is 1.83. The maximum absolute atomic E-state index is 12.5. The molecule has 0 atom stereocenters. The topological polar surface area (TPSA) is 95.7 Å². The molecule has 29 heavy (non-hydrogen) atoms. The fourth-order valence-electron chi connectivity index (χ4n) is 2.56. The monoisotopic (exact) mass is 402 g/mol. The third kappa shape index (κ3) is 4.60. The van der Waals surface area contributed by atoms with Gasteiger partial charge in [-0.2, -0.15) is 18.3 Å². The van der Waals surface area contributed by atoms with Crippen molar-refractivity contribution < 1.29 is 18.0 Å². The second-order valence-corrected chi connectivity index (χ2v) is 6.18. The summed E-state index contributed by atoms with van der Waals surface area (Å²) in [5.74, 6) is -0.867. The fourth-order valence-corrected chi connectivity index (χ4v) is 2.56. The van der Waals surface area contributed by atoms with Gasteiger partial charge in [-0.15, -0.1) is 0 Å². The first kappa shape index (κ1) is 20.1. The summed E-state index contributed by atoms with van der Waals surface area (Å²) < 4.78 is 39.2. The van der Waals surface area contributed by atoms with E-state index < -0.39 is 17.8 Å². The number of nitrogens with one attached hydrogen (secondary N) is 3. The molecule has 0 radical (unpaired) electrons. The fraction of sp³-hybridized carbons (Fsp3) is 0.158. The van der Waals surface area contributed by atoms with E-state index >= 15 is 0 Å². The van der Waals surface area contributed by atoms with Crippen molar-refractivity contribution in [2.45, 2.75) is 6.18 Å². The zero-order chi connectivity index (χ0) is 21.2. The molecule has 150 valence electrons. The molecule has 3 rings (SSSR count). The highest BCUT2D eigenvalue weighted by Crippen LogP contribution is 2.22. The summed E-state index contributed by atoms with van der Waals surface area (Å²) in [5.41, 5.74) is 0.774. The van der Waals surface area contributed by atoms with E-state index in [1.54, 1.807) is 23.0 Å². The molecule has 0 saturated heterocycles. The Kier molecular flexibility index (Phi) is 5.35. The van der Waals surface area contributed by atoms with E-state index in [0.29, 0.717) is 11.6 Å². The number of fused-ring (bicyclic) bond motifs is 1. The lowest BCUT2D eigenvalue weighted by atomic mass is 10.1. The van der Waals surface area contributed by atoms with Crippen molar-refractivity contribution in [1.82, 2.24) is 25.4 Å². The summed E-state index contributed by atoms with van der Waals surface area (Å²) in [6.45, 7) is 0. The third-order valence-electron chi connectivity index (χ3n) is 4.07. The van der Waals surface area contributed by atoms with Crippen LogP contribution in [0.2, 0.25) is 0 Å². The number of aromatic nitrogens is 3. The van der Waals surface area contributed by atoms with Crippen LogP contribution in [0.5, 0.6) is 0 Å². The van der Waals surface area contributed by atoms with Crippen LogP contribution in [0.3, 0.4) is 0 Å². The summed E-state index contributed by atoms with van der Waals surface area (Å²) in [4.78, 5) is 16.7. The first-order chi connectivity index (χ1) is 13.7. The van der Waals surface area contributed by atoms with Crippen molar-refractivity contribution in [3.8, 4) is 11.3 Å². The number of hydrogen-bond donors (Lipinski definition) is 3. The predicted molar refractivity (Wildman–Crippen MR) is 102 cm³/mol. The molecule has 7 nitrogen and oxygen atoms in total. The molecule has 1 aromatic carbocycles. The molecule has 3 N–H and O–H groups in total. The van der Waals surface area contributed by atoms with Crippen LogP contribution >= 0.6 is 0 Å². The Hall–Kier alpha value is -3.69. The van der Waals surface area contributed by atoms with Crippen LogP contribution in [-0.2, 0) is 7.05 Å². The SMILES string of the molecule is CN/C(=C\C(=N)C(F)(F)F)NC(=O)c1ccc2cc(-c3ccn(C)n3)cnc2c1. The van der Waals surface area contributed by atoms with Crippen molar-refractivity contribution >= 4 is 22.5 Å². The molecular formula is C19H17F3N6O. The highest BCUT2D eigenvalue weighted by Gasteiger charge is 2.33. The lowest BCUT2D eigenvalue weighted by Crippen LogP contribution is -2.32. The minimum absolute atomic E-state index is 0.218. The summed E-state index contributed by atoms with van der Waals surface area (Å²) in [6, 6.07) is 8.52. The molecule has 0 bridgehead atoms. The van der Waals surface area contributed by atoms with Gasteiger partial charge in [0, 0.05) is 49.1 Å². The van der Waals surface area contributed by atoms with E-state index in [1.165, 1.54) is 13.1 Å². The number of rotatable bonds is 5. The number of alkyl halides is 3. The largest absolute Gasteiger partial charge is 0.432 e. The second kappa shape index (κ2) is 7.74. The van der Waals surface area contributed by atoms with Crippen molar-refractivity contribution in [1.29, 1.82) is 5.41 Å². The lowest BCUT2D eigenvalue weighted by Gasteiger charge is -2.11. The Morgan fingerprint density at radius 2 is 2.00 bits per heavy atom. The molecule has 0 saturated carbocycles. The number of carbonyl (C=O) groups excluding carboxylic acids is 1. The molecule has 2 aromatic heterocycles. The van der Waals surface area contributed by atoms with Crippen LogP contribution in [0.25, 0.3) is 22.2 Å². The Morgan fingerprint density at radius 1 is 1.24 bits per heavy atom. The van der Waals surface area contributed by atoms with Crippen LogP contribution < -0.4 is 10.6 Å². The summed E-state index contributed by atoms with van der Waals surface area (Å²) >= 11 is 0. The molecule has 0 spiro atoms. The van der Waals surface area contributed by atoms with Crippen LogP contribution in [0.4, 0.5) is 13.2 Å². The first-order valence-corrected chi connectivity index (χ1v) is 8.44. The average molecular weight is 402 g/mol. The van der Waals surface area contributed by atoms with E-state index in [1.807, 2.05) is 25.4 Å². The highest BCUT2D eigenvalue weighted by molar-refractivity contribution is 6.01. The summed E-state index contributed by atoms with van der Waals surface area (Å²) in [5, 5.41) is 16.9. The van der Waals surface area contributed by atoms with Gasteiger partial charge in [0.05, 0.1) is 11.2 Å². The van der Waals surface area contributed by atoms with Crippen molar-refractivity contribution in [2.24, 2.45) is 7.05 Å². The number of pyridine rings is 1. The van der Waals surface area contributed by atoms with Gasteiger partial charge in [-0.05, 0) is 24.3 Å². The molecule has 3 aromatic rings. The van der Waals surface area contributed by atoms with Gasteiger partial charge in [-0.3, -0.25) is 19.9 Å². The zero-order valence-corrected chi connectivity index (χ0v) is 15.5. The Bertz CT molecular complexity index is 1120. The van der Waals surface area contributed by atoms with Crippen molar-refractivity contribution in [3.63, 3.8) is 0 Å². The smallest absolute Gasteiger partial charge is 0.375 e. The van der Waals surface area contributed by atoms with E-state index in [-0.39, 0.29) is 11.4 Å². The molecular weight excluding hydrogens is 385 g/mol. The van der Waals surface area contributed by atoms with Crippen molar-refractivity contribution in [2.75, 3.05) is 7.05 Å². The Labute approximate surface area is 163 Å². The number of carbonyl (C=O) groups is 1. The van der Waals surface area contributed by atoms with Gasteiger partial charge in [0.2, 0.25) is 0 Å². The number of benzene rings is 1. The normalized spacial score (nSPS) is 12.1. The van der Waals surface area contributed by atoms with Crippen LogP contribution in [0.15, 0.2) is 54.6 Å². The van der Waals surface area contributed by atoms with Crippen LogP contribution in [0, 0.1) is 5.41 Å². The molecule has 10 heteroatoms. The van der Waals surface area contributed by atoms with E-state index in [4.69, 9.17) is 5.41 Å². The number of nitrogens with zero attached hydrogens (tertiary/aromatic N) is 3. The number of halogens is 3.